The molecule has 5 heteroatoms. The number of benzene rings is 1. The number of likely N-dealkylation sites (tertiary alicyclic amines) is 1. The molecular formula is C19H24N2O3. The molecule has 24 heavy (non-hydrogen) atoms. The van der Waals surface area contributed by atoms with Crippen LogP contribution >= 0.6 is 0 Å². The van der Waals surface area contributed by atoms with E-state index in [1.807, 2.05) is 40.1 Å². The maximum Gasteiger partial charge on any atom is 0.228 e. The van der Waals surface area contributed by atoms with Crippen molar-refractivity contribution in [1.82, 2.24) is 9.80 Å². The van der Waals surface area contributed by atoms with Crippen molar-refractivity contribution in [2.75, 3.05) is 19.7 Å². The summed E-state index contributed by atoms with van der Waals surface area (Å²) in [6.07, 6.45) is 3.77. The summed E-state index contributed by atoms with van der Waals surface area (Å²) in [6.45, 7) is 2.44. The molecule has 2 aliphatic heterocycles. The van der Waals surface area contributed by atoms with E-state index in [1.165, 1.54) is 0 Å². The van der Waals surface area contributed by atoms with Crippen LogP contribution in [0.25, 0.3) is 0 Å². The van der Waals surface area contributed by atoms with E-state index in [0.29, 0.717) is 32.7 Å². The molecule has 3 aliphatic rings. The second-order valence-electron chi connectivity index (χ2n) is 7.10. The van der Waals surface area contributed by atoms with Crippen molar-refractivity contribution >= 4 is 11.8 Å². The minimum absolute atomic E-state index is 0.0911. The summed E-state index contributed by atoms with van der Waals surface area (Å²) in [5, 5.41) is 0. The SMILES string of the molecule is O=C1C[C@H](C(=O)N2CCO[C@@H]3CCC[C@@H]32)CN1Cc1ccccc1. The molecular weight excluding hydrogens is 304 g/mol. The van der Waals surface area contributed by atoms with Gasteiger partial charge in [0.2, 0.25) is 11.8 Å². The largest absolute Gasteiger partial charge is 0.374 e. The lowest BCUT2D eigenvalue weighted by molar-refractivity contribution is -0.148. The maximum atomic E-state index is 13.0. The van der Waals surface area contributed by atoms with E-state index in [-0.39, 0.29) is 29.9 Å². The van der Waals surface area contributed by atoms with E-state index < -0.39 is 0 Å². The standard InChI is InChI=1S/C19H24N2O3/c22-18-11-15(13-20(18)12-14-5-2-1-3-6-14)19(23)21-9-10-24-17-8-4-7-16(17)21/h1-3,5-6,15-17H,4,7-13H2/t15-,16-,17+/m0/s1. The summed E-state index contributed by atoms with van der Waals surface area (Å²) in [6, 6.07) is 10.2. The van der Waals surface area contributed by atoms with Gasteiger partial charge >= 0.3 is 0 Å². The second-order valence-corrected chi connectivity index (χ2v) is 7.10. The van der Waals surface area contributed by atoms with Gasteiger partial charge in [0.15, 0.2) is 0 Å². The van der Waals surface area contributed by atoms with Gasteiger partial charge in [-0.05, 0) is 24.8 Å². The molecule has 1 aromatic rings. The maximum absolute atomic E-state index is 13.0. The Morgan fingerprint density at radius 2 is 2.04 bits per heavy atom. The molecule has 5 nitrogen and oxygen atoms in total. The number of hydrogen-bond acceptors (Lipinski definition) is 3. The van der Waals surface area contributed by atoms with Crippen LogP contribution in [0.15, 0.2) is 30.3 Å². The molecule has 0 aromatic heterocycles. The fraction of sp³-hybridized carbons (Fsp3) is 0.579. The fourth-order valence-corrected chi connectivity index (χ4v) is 4.33. The third kappa shape index (κ3) is 2.93. The van der Waals surface area contributed by atoms with Gasteiger partial charge in [-0.1, -0.05) is 30.3 Å². The predicted molar refractivity (Wildman–Crippen MR) is 89.1 cm³/mol. The Balaban J connectivity index is 1.41. The zero-order valence-electron chi connectivity index (χ0n) is 13.9. The van der Waals surface area contributed by atoms with Gasteiger partial charge in [-0.25, -0.2) is 0 Å². The van der Waals surface area contributed by atoms with Crippen LogP contribution in [-0.2, 0) is 20.9 Å². The first kappa shape index (κ1) is 15.6. The minimum atomic E-state index is -0.194. The van der Waals surface area contributed by atoms with Gasteiger partial charge in [-0.15, -0.1) is 0 Å². The van der Waals surface area contributed by atoms with Crippen molar-refractivity contribution < 1.29 is 14.3 Å². The Morgan fingerprint density at radius 3 is 2.88 bits per heavy atom. The molecule has 2 heterocycles. The Hall–Kier alpha value is -1.88. The highest BCUT2D eigenvalue weighted by molar-refractivity contribution is 5.89. The number of carbonyl (C=O) groups excluding carboxylic acids is 2. The van der Waals surface area contributed by atoms with Gasteiger partial charge in [-0.2, -0.15) is 0 Å². The molecule has 128 valence electrons. The summed E-state index contributed by atoms with van der Waals surface area (Å²) >= 11 is 0. The van der Waals surface area contributed by atoms with E-state index in [0.717, 1.165) is 24.8 Å². The van der Waals surface area contributed by atoms with Crippen molar-refractivity contribution in [3.05, 3.63) is 35.9 Å². The average Bonchev–Trinajstić information content (AvgIpc) is 3.22. The quantitative estimate of drug-likeness (QED) is 0.850. The monoisotopic (exact) mass is 328 g/mol. The van der Waals surface area contributed by atoms with E-state index in [1.54, 1.807) is 0 Å². The van der Waals surface area contributed by atoms with E-state index in [2.05, 4.69) is 0 Å². The average molecular weight is 328 g/mol. The molecule has 1 aliphatic carbocycles. The van der Waals surface area contributed by atoms with Crippen molar-refractivity contribution in [3.63, 3.8) is 0 Å². The molecule has 0 spiro atoms. The number of hydrogen-bond donors (Lipinski definition) is 0. The van der Waals surface area contributed by atoms with Crippen molar-refractivity contribution in [1.29, 1.82) is 0 Å². The molecule has 3 fully saturated rings. The summed E-state index contributed by atoms with van der Waals surface area (Å²) in [5.74, 6) is 0.0492. The number of fused-ring (bicyclic) bond motifs is 1. The van der Waals surface area contributed by atoms with Gasteiger partial charge in [0, 0.05) is 26.1 Å². The van der Waals surface area contributed by atoms with Crippen LogP contribution < -0.4 is 0 Å². The molecule has 0 bridgehead atoms. The zero-order valence-corrected chi connectivity index (χ0v) is 13.9. The molecule has 1 saturated carbocycles. The zero-order chi connectivity index (χ0) is 16.5. The highest BCUT2D eigenvalue weighted by atomic mass is 16.5. The smallest absolute Gasteiger partial charge is 0.228 e. The summed E-state index contributed by atoms with van der Waals surface area (Å²) in [7, 11) is 0. The third-order valence-electron chi connectivity index (χ3n) is 5.55. The Bertz CT molecular complexity index is 618. The Labute approximate surface area is 142 Å². The second kappa shape index (κ2) is 6.55. The number of carbonyl (C=O) groups is 2. The molecule has 1 aromatic carbocycles. The third-order valence-corrected chi connectivity index (χ3v) is 5.55. The van der Waals surface area contributed by atoms with Crippen molar-refractivity contribution in [3.8, 4) is 0 Å². The van der Waals surface area contributed by atoms with Crippen LogP contribution in [0.3, 0.4) is 0 Å². The molecule has 3 atom stereocenters. The summed E-state index contributed by atoms with van der Waals surface area (Å²) in [4.78, 5) is 29.1. The number of ether oxygens (including phenoxy) is 1. The number of morpholine rings is 1. The van der Waals surface area contributed by atoms with Gasteiger partial charge in [0.1, 0.15) is 0 Å². The Morgan fingerprint density at radius 1 is 1.21 bits per heavy atom. The molecule has 0 radical (unpaired) electrons. The number of rotatable bonds is 3. The number of amides is 2. The van der Waals surface area contributed by atoms with Crippen LogP contribution in [0.5, 0.6) is 0 Å². The van der Waals surface area contributed by atoms with Gasteiger partial charge < -0.3 is 14.5 Å². The predicted octanol–water partition coefficient (Wildman–Crippen LogP) is 1.81. The van der Waals surface area contributed by atoms with Crippen LogP contribution in [0.4, 0.5) is 0 Å². The molecule has 0 unspecified atom stereocenters. The topological polar surface area (TPSA) is 49.9 Å². The van der Waals surface area contributed by atoms with Gasteiger partial charge in [-0.3, -0.25) is 9.59 Å². The molecule has 0 N–H and O–H groups in total. The van der Waals surface area contributed by atoms with Crippen LogP contribution in [0.2, 0.25) is 0 Å². The first-order chi connectivity index (χ1) is 11.7. The first-order valence-electron chi connectivity index (χ1n) is 8.96. The number of nitrogens with zero attached hydrogens (tertiary/aromatic N) is 2. The van der Waals surface area contributed by atoms with E-state index in [9.17, 15) is 9.59 Å². The van der Waals surface area contributed by atoms with E-state index >= 15 is 0 Å². The van der Waals surface area contributed by atoms with Crippen LogP contribution in [-0.4, -0.2) is 53.5 Å². The molecule has 2 saturated heterocycles. The highest BCUT2D eigenvalue weighted by Gasteiger charge is 2.43. The summed E-state index contributed by atoms with van der Waals surface area (Å²) in [5.41, 5.74) is 1.11. The lowest BCUT2D eigenvalue weighted by Gasteiger charge is -2.38. The van der Waals surface area contributed by atoms with Crippen molar-refractivity contribution in [2.24, 2.45) is 5.92 Å². The highest BCUT2D eigenvalue weighted by Crippen LogP contribution is 2.32. The fourth-order valence-electron chi connectivity index (χ4n) is 4.33. The van der Waals surface area contributed by atoms with Crippen molar-refractivity contribution in [2.45, 2.75) is 44.4 Å². The normalized spacial score (nSPS) is 29.8. The lowest BCUT2D eigenvalue weighted by atomic mass is 10.0. The first-order valence-corrected chi connectivity index (χ1v) is 8.96. The molecule has 4 rings (SSSR count). The molecule has 2 amide bonds. The Kier molecular flexibility index (Phi) is 4.27. The van der Waals surface area contributed by atoms with E-state index in [4.69, 9.17) is 4.74 Å². The summed E-state index contributed by atoms with van der Waals surface area (Å²) < 4.78 is 5.79. The van der Waals surface area contributed by atoms with Gasteiger partial charge in [0.25, 0.3) is 0 Å². The van der Waals surface area contributed by atoms with Crippen LogP contribution in [0, 0.1) is 5.92 Å². The van der Waals surface area contributed by atoms with Crippen LogP contribution in [0.1, 0.15) is 31.2 Å². The minimum Gasteiger partial charge on any atom is -0.374 e. The lowest BCUT2D eigenvalue weighted by Crippen LogP contribution is -2.53. The van der Waals surface area contributed by atoms with Gasteiger partial charge in [0.05, 0.1) is 24.7 Å².